The molecule has 20 heavy (non-hydrogen) atoms. The van der Waals surface area contributed by atoms with Crippen LogP contribution in [0.15, 0.2) is 41.4 Å². The first kappa shape index (κ1) is 14.1. The van der Waals surface area contributed by atoms with Crippen molar-refractivity contribution >= 4 is 21.7 Å². The molecule has 0 amide bonds. The molecule has 0 bridgehead atoms. The van der Waals surface area contributed by atoms with Gasteiger partial charge in [-0.15, -0.1) is 0 Å². The van der Waals surface area contributed by atoms with Crippen molar-refractivity contribution < 1.29 is 22.7 Å². The number of hydrogen-bond acceptors (Lipinski definition) is 3. The molecule has 0 aliphatic carbocycles. The first-order valence-electron chi connectivity index (χ1n) is 5.47. The lowest BCUT2D eigenvalue weighted by atomic mass is 10.3. The number of aromatic nitrogens is 1. The predicted molar refractivity (Wildman–Crippen MR) is 69.6 cm³/mol. The zero-order chi connectivity index (χ0) is 14.9. The summed E-state index contributed by atoms with van der Waals surface area (Å²) in [5.41, 5.74) is 0.0385. The van der Waals surface area contributed by atoms with E-state index in [1.165, 1.54) is 29.9 Å². The molecule has 0 radical (unpaired) electrons. The summed E-state index contributed by atoms with van der Waals surface area (Å²) >= 11 is 0. The highest BCUT2D eigenvalue weighted by Gasteiger charge is 2.20. The van der Waals surface area contributed by atoms with Gasteiger partial charge in [0.15, 0.2) is 0 Å². The highest BCUT2D eigenvalue weighted by atomic mass is 32.2. The quantitative estimate of drug-likeness (QED) is 0.898. The molecule has 2 aromatic rings. The third kappa shape index (κ3) is 2.80. The topological polar surface area (TPSA) is 88.4 Å². The van der Waals surface area contributed by atoms with Gasteiger partial charge in [0.1, 0.15) is 16.4 Å². The van der Waals surface area contributed by atoms with Gasteiger partial charge in [-0.05, 0) is 30.3 Å². The highest BCUT2D eigenvalue weighted by Crippen LogP contribution is 2.18. The summed E-state index contributed by atoms with van der Waals surface area (Å²) in [7, 11) is -2.49. The number of sulfonamides is 1. The lowest BCUT2D eigenvalue weighted by Gasteiger charge is -2.05. The number of carboxylic acids is 1. The standard InChI is InChI=1S/C12H11FN2O4S/c1-15-7-10(6-11(15)12(16)17)20(18,19)14-9-4-2-8(13)3-5-9/h2-7,14H,1H3,(H,16,17). The fraction of sp³-hybridized carbons (Fsp3) is 0.0833. The van der Waals surface area contributed by atoms with Crippen LogP contribution >= 0.6 is 0 Å². The van der Waals surface area contributed by atoms with Crippen molar-refractivity contribution in [2.75, 3.05) is 4.72 Å². The molecule has 1 aromatic carbocycles. The van der Waals surface area contributed by atoms with E-state index in [0.717, 1.165) is 18.2 Å². The number of nitrogens with one attached hydrogen (secondary N) is 1. The Bertz CT molecular complexity index is 750. The Labute approximate surface area is 114 Å². The van der Waals surface area contributed by atoms with E-state index in [1.54, 1.807) is 0 Å². The summed E-state index contributed by atoms with van der Waals surface area (Å²) in [5.74, 6) is -1.71. The van der Waals surface area contributed by atoms with Crippen molar-refractivity contribution in [1.29, 1.82) is 0 Å². The number of hydrogen-bond donors (Lipinski definition) is 2. The molecule has 2 rings (SSSR count). The minimum atomic E-state index is -3.92. The number of aryl methyl sites for hydroxylation is 1. The number of carbonyl (C=O) groups is 1. The van der Waals surface area contributed by atoms with Crippen LogP contribution in [0.3, 0.4) is 0 Å². The largest absolute Gasteiger partial charge is 0.477 e. The average molecular weight is 298 g/mol. The molecule has 1 aromatic heterocycles. The van der Waals surface area contributed by atoms with E-state index in [-0.39, 0.29) is 16.3 Å². The molecular weight excluding hydrogens is 287 g/mol. The van der Waals surface area contributed by atoms with Crippen LogP contribution in [0, 0.1) is 5.82 Å². The van der Waals surface area contributed by atoms with Crippen LogP contribution in [0.4, 0.5) is 10.1 Å². The lowest BCUT2D eigenvalue weighted by molar-refractivity contribution is 0.0686. The molecule has 1 heterocycles. The monoisotopic (exact) mass is 298 g/mol. The molecule has 0 unspecified atom stereocenters. The van der Waals surface area contributed by atoms with Gasteiger partial charge in [-0.3, -0.25) is 4.72 Å². The van der Waals surface area contributed by atoms with Gasteiger partial charge in [-0.2, -0.15) is 0 Å². The predicted octanol–water partition coefficient (Wildman–Crippen LogP) is 1.66. The number of anilines is 1. The lowest BCUT2D eigenvalue weighted by Crippen LogP contribution is -2.12. The summed E-state index contributed by atoms with van der Waals surface area (Å²) in [6, 6.07) is 5.83. The maximum Gasteiger partial charge on any atom is 0.352 e. The van der Waals surface area contributed by atoms with Crippen LogP contribution in [-0.2, 0) is 17.1 Å². The Hall–Kier alpha value is -2.35. The van der Waals surface area contributed by atoms with Gasteiger partial charge in [0.2, 0.25) is 0 Å². The Morgan fingerprint density at radius 1 is 1.30 bits per heavy atom. The number of nitrogens with zero attached hydrogens (tertiary/aromatic N) is 1. The molecule has 2 N–H and O–H groups in total. The minimum absolute atomic E-state index is 0.149. The third-order valence-electron chi connectivity index (χ3n) is 2.61. The Morgan fingerprint density at radius 2 is 1.90 bits per heavy atom. The van der Waals surface area contributed by atoms with Crippen molar-refractivity contribution in [3.05, 3.63) is 48.0 Å². The SMILES string of the molecule is Cn1cc(S(=O)(=O)Nc2ccc(F)cc2)cc1C(=O)O. The van der Waals surface area contributed by atoms with Gasteiger partial charge in [0, 0.05) is 18.9 Å². The van der Waals surface area contributed by atoms with Gasteiger partial charge in [0.05, 0.1) is 0 Å². The smallest absolute Gasteiger partial charge is 0.352 e. The summed E-state index contributed by atoms with van der Waals surface area (Å²) < 4.78 is 40.3. The number of rotatable bonds is 4. The molecule has 0 aliphatic rings. The van der Waals surface area contributed by atoms with E-state index in [0.29, 0.717) is 0 Å². The van der Waals surface area contributed by atoms with Gasteiger partial charge >= 0.3 is 5.97 Å². The van der Waals surface area contributed by atoms with E-state index in [9.17, 15) is 17.6 Å². The summed E-state index contributed by atoms with van der Waals surface area (Å²) in [6.45, 7) is 0. The van der Waals surface area contributed by atoms with Crippen molar-refractivity contribution in [3.8, 4) is 0 Å². The zero-order valence-electron chi connectivity index (χ0n) is 10.4. The van der Waals surface area contributed by atoms with Crippen LogP contribution in [0.2, 0.25) is 0 Å². The van der Waals surface area contributed by atoms with Gasteiger partial charge in [0.25, 0.3) is 10.0 Å². The van der Waals surface area contributed by atoms with E-state index < -0.39 is 21.8 Å². The summed E-state index contributed by atoms with van der Waals surface area (Å²) in [6.07, 6.45) is 1.19. The van der Waals surface area contributed by atoms with Crippen LogP contribution < -0.4 is 4.72 Å². The van der Waals surface area contributed by atoms with Gasteiger partial charge in [-0.25, -0.2) is 17.6 Å². The maximum absolute atomic E-state index is 12.7. The normalized spacial score (nSPS) is 11.3. The fourth-order valence-electron chi connectivity index (χ4n) is 1.63. The zero-order valence-corrected chi connectivity index (χ0v) is 11.2. The number of aromatic carboxylic acids is 1. The molecule has 0 fully saturated rings. The Morgan fingerprint density at radius 3 is 2.40 bits per heavy atom. The second-order valence-corrected chi connectivity index (χ2v) is 5.77. The van der Waals surface area contributed by atoms with Gasteiger partial charge < -0.3 is 9.67 Å². The first-order chi connectivity index (χ1) is 9.29. The van der Waals surface area contributed by atoms with E-state index >= 15 is 0 Å². The van der Waals surface area contributed by atoms with Crippen molar-refractivity contribution in [2.45, 2.75) is 4.90 Å². The average Bonchev–Trinajstić information content (AvgIpc) is 2.75. The maximum atomic E-state index is 12.7. The van der Waals surface area contributed by atoms with Gasteiger partial charge in [-0.1, -0.05) is 0 Å². The van der Waals surface area contributed by atoms with Crippen LogP contribution in [0.5, 0.6) is 0 Å². The Kier molecular flexibility index (Phi) is 3.49. The van der Waals surface area contributed by atoms with E-state index in [2.05, 4.69) is 4.72 Å². The number of halogens is 1. The van der Waals surface area contributed by atoms with E-state index in [1.807, 2.05) is 0 Å². The second-order valence-electron chi connectivity index (χ2n) is 4.09. The van der Waals surface area contributed by atoms with Crippen LogP contribution in [0.25, 0.3) is 0 Å². The minimum Gasteiger partial charge on any atom is -0.477 e. The van der Waals surface area contributed by atoms with E-state index in [4.69, 9.17) is 5.11 Å². The summed E-state index contributed by atoms with van der Waals surface area (Å²) in [5, 5.41) is 8.89. The number of carboxylic acid groups (broad SMARTS) is 1. The molecule has 6 nitrogen and oxygen atoms in total. The highest BCUT2D eigenvalue weighted by molar-refractivity contribution is 7.92. The van der Waals surface area contributed by atoms with Crippen LogP contribution in [-0.4, -0.2) is 24.1 Å². The van der Waals surface area contributed by atoms with Crippen LogP contribution in [0.1, 0.15) is 10.5 Å². The molecule has 0 aliphatic heterocycles. The molecule has 0 saturated carbocycles. The molecule has 0 saturated heterocycles. The molecular formula is C12H11FN2O4S. The van der Waals surface area contributed by atoms with Crippen molar-refractivity contribution in [3.63, 3.8) is 0 Å². The fourth-order valence-corrected chi connectivity index (χ4v) is 2.75. The van der Waals surface area contributed by atoms with Crippen molar-refractivity contribution in [2.24, 2.45) is 7.05 Å². The first-order valence-corrected chi connectivity index (χ1v) is 6.96. The third-order valence-corrected chi connectivity index (χ3v) is 3.95. The number of benzene rings is 1. The molecule has 0 atom stereocenters. The van der Waals surface area contributed by atoms with Crippen molar-refractivity contribution in [1.82, 2.24) is 4.57 Å². The molecule has 8 heteroatoms. The Balaban J connectivity index is 2.33. The molecule has 0 spiro atoms. The molecule has 106 valence electrons. The second kappa shape index (κ2) is 4.97. The summed E-state index contributed by atoms with van der Waals surface area (Å²) in [4.78, 5) is 10.7.